The van der Waals surface area contributed by atoms with Crippen LogP contribution < -0.4 is 0 Å². The second kappa shape index (κ2) is 14.7. The van der Waals surface area contributed by atoms with E-state index in [2.05, 4.69) is 39.3 Å². The van der Waals surface area contributed by atoms with Crippen LogP contribution in [0, 0.1) is 0 Å². The highest BCUT2D eigenvalue weighted by molar-refractivity contribution is 6.88. The summed E-state index contributed by atoms with van der Waals surface area (Å²) in [6.07, 6.45) is 4.65. The van der Waals surface area contributed by atoms with Gasteiger partial charge in [0.1, 0.15) is 0 Å². The van der Waals surface area contributed by atoms with E-state index in [1.54, 1.807) is 14.0 Å². The molecule has 6 nitrogen and oxygen atoms in total. The average Bonchev–Trinajstić information content (AvgIpc) is 2.61. The molecule has 0 amide bonds. The molecule has 1 atom stereocenters. The number of ether oxygens (including phenoxy) is 2. The first-order valence-corrected chi connectivity index (χ1v) is 19.9. The minimum absolute atomic E-state index is 0.236. The van der Waals surface area contributed by atoms with Crippen molar-refractivity contribution < 1.29 is 27.6 Å². The predicted octanol–water partition coefficient (Wildman–Crippen LogP) is 5.21. The number of carbonyl (C=O) groups is 1. The van der Waals surface area contributed by atoms with Gasteiger partial charge in [-0.1, -0.05) is 19.4 Å². The Bertz CT molecular complexity index is 513. The van der Waals surface area contributed by atoms with Crippen molar-refractivity contribution in [1.29, 1.82) is 0 Å². The van der Waals surface area contributed by atoms with Crippen LogP contribution in [0.1, 0.15) is 39.0 Å². The number of esters is 1. The van der Waals surface area contributed by atoms with E-state index in [-0.39, 0.29) is 12.6 Å². The molecular weight excluding hydrogens is 432 g/mol. The van der Waals surface area contributed by atoms with Crippen LogP contribution in [0.15, 0.2) is 12.2 Å². The molecular formula is C21H46O6Si3. The predicted molar refractivity (Wildman–Crippen MR) is 131 cm³/mol. The molecule has 1 N–H and O–H groups in total. The maximum absolute atomic E-state index is 11.6. The average molecular weight is 479 g/mol. The van der Waals surface area contributed by atoms with Crippen molar-refractivity contribution in [2.45, 2.75) is 89.9 Å². The van der Waals surface area contributed by atoms with Crippen molar-refractivity contribution >= 4 is 31.2 Å². The van der Waals surface area contributed by atoms with Crippen LogP contribution >= 0.6 is 0 Å². The molecule has 0 aliphatic carbocycles. The molecule has 0 aromatic rings. The molecule has 0 aliphatic heterocycles. The van der Waals surface area contributed by atoms with Gasteiger partial charge in [-0.2, -0.15) is 0 Å². The Morgan fingerprint density at radius 2 is 1.37 bits per heavy atom. The van der Waals surface area contributed by atoms with E-state index in [4.69, 9.17) is 22.8 Å². The van der Waals surface area contributed by atoms with Crippen molar-refractivity contribution in [3.63, 3.8) is 0 Å². The van der Waals surface area contributed by atoms with E-state index in [0.717, 1.165) is 56.8 Å². The van der Waals surface area contributed by atoms with E-state index in [1.165, 1.54) is 0 Å². The van der Waals surface area contributed by atoms with Gasteiger partial charge in [-0.15, -0.1) is 0 Å². The fourth-order valence-corrected chi connectivity index (χ4v) is 18.0. The number of hydrogen-bond donors (Lipinski definition) is 1. The van der Waals surface area contributed by atoms with Crippen LogP contribution in [-0.4, -0.2) is 63.2 Å². The molecule has 0 radical (unpaired) electrons. The van der Waals surface area contributed by atoms with Crippen molar-refractivity contribution in [1.82, 2.24) is 0 Å². The lowest BCUT2D eigenvalue weighted by atomic mass is 10.3. The molecule has 9 heteroatoms. The molecule has 0 saturated heterocycles. The largest absolute Gasteiger partial charge is 0.462 e. The SMILES string of the molecule is C=C(C)C(=O)OCCC[Si](C)(C)O[Si](C)(CCCCCO)O[Si](C)(C)CCCOC. The maximum atomic E-state index is 11.6. The first-order valence-electron chi connectivity index (χ1n) is 11.2. The zero-order chi connectivity index (χ0) is 23.3. The summed E-state index contributed by atoms with van der Waals surface area (Å²) in [5, 5.41) is 9.09. The van der Waals surface area contributed by atoms with E-state index in [9.17, 15) is 4.79 Å². The Morgan fingerprint density at radius 1 is 0.833 bits per heavy atom. The van der Waals surface area contributed by atoms with Gasteiger partial charge in [0.25, 0.3) is 0 Å². The lowest BCUT2D eigenvalue weighted by molar-refractivity contribution is -0.138. The highest BCUT2D eigenvalue weighted by atomic mass is 28.5. The molecule has 30 heavy (non-hydrogen) atoms. The summed E-state index contributed by atoms with van der Waals surface area (Å²) in [6, 6.07) is 2.93. The summed E-state index contributed by atoms with van der Waals surface area (Å²) in [4.78, 5) is 11.6. The molecule has 178 valence electrons. The number of methoxy groups -OCH3 is 1. The molecule has 0 aromatic carbocycles. The van der Waals surface area contributed by atoms with Gasteiger partial charge < -0.3 is 22.8 Å². The Hall–Kier alpha value is -0.299. The summed E-state index contributed by atoms with van der Waals surface area (Å²) >= 11 is 0. The van der Waals surface area contributed by atoms with E-state index in [1.807, 2.05) is 0 Å². The number of unbranched alkanes of at least 4 members (excludes halogenated alkanes) is 2. The molecule has 0 rings (SSSR count). The van der Waals surface area contributed by atoms with Crippen molar-refractivity contribution in [3.8, 4) is 0 Å². The molecule has 0 fully saturated rings. The van der Waals surface area contributed by atoms with Gasteiger partial charge in [0.05, 0.1) is 6.61 Å². The first kappa shape index (κ1) is 29.7. The van der Waals surface area contributed by atoms with Gasteiger partial charge >= 0.3 is 14.5 Å². The summed E-state index contributed by atoms with van der Waals surface area (Å²) in [6.45, 7) is 17.9. The zero-order valence-electron chi connectivity index (χ0n) is 20.5. The summed E-state index contributed by atoms with van der Waals surface area (Å²) in [5.41, 5.74) is 0.430. The van der Waals surface area contributed by atoms with Crippen LogP contribution in [-0.2, 0) is 22.5 Å². The minimum Gasteiger partial charge on any atom is -0.462 e. The summed E-state index contributed by atoms with van der Waals surface area (Å²) in [7, 11) is -4.45. The molecule has 0 spiro atoms. The molecule has 0 bridgehead atoms. The minimum atomic E-state index is -2.35. The van der Waals surface area contributed by atoms with Gasteiger partial charge in [0, 0.05) is 25.9 Å². The lowest BCUT2D eigenvalue weighted by Gasteiger charge is -2.41. The first-order chi connectivity index (χ1) is 13.9. The third kappa shape index (κ3) is 14.7. The van der Waals surface area contributed by atoms with Crippen molar-refractivity contribution in [2.24, 2.45) is 0 Å². The number of aliphatic hydroxyl groups is 1. The van der Waals surface area contributed by atoms with Crippen LogP contribution in [0.25, 0.3) is 0 Å². The van der Waals surface area contributed by atoms with Gasteiger partial charge in [0.15, 0.2) is 16.6 Å². The zero-order valence-corrected chi connectivity index (χ0v) is 23.5. The second-order valence-electron chi connectivity index (χ2n) is 9.51. The van der Waals surface area contributed by atoms with Crippen LogP contribution in [0.2, 0.25) is 50.9 Å². The van der Waals surface area contributed by atoms with Gasteiger partial charge in [0.2, 0.25) is 0 Å². The van der Waals surface area contributed by atoms with Gasteiger partial charge in [-0.25, -0.2) is 4.79 Å². The third-order valence-corrected chi connectivity index (χ3v) is 17.2. The Kier molecular flexibility index (Phi) is 14.6. The second-order valence-corrected chi connectivity index (χ2v) is 21.9. The fraction of sp³-hybridized carbons (Fsp3) is 0.857. The van der Waals surface area contributed by atoms with E-state index in [0.29, 0.717) is 12.2 Å². The highest BCUT2D eigenvalue weighted by Crippen LogP contribution is 2.30. The van der Waals surface area contributed by atoms with Crippen LogP contribution in [0.3, 0.4) is 0 Å². The number of hydrogen-bond acceptors (Lipinski definition) is 6. The van der Waals surface area contributed by atoms with Gasteiger partial charge in [-0.3, -0.25) is 0 Å². The number of carbonyl (C=O) groups excluding carboxylic acids is 1. The van der Waals surface area contributed by atoms with Gasteiger partial charge in [-0.05, 0) is 77.1 Å². The fourth-order valence-electron chi connectivity index (χ4n) is 3.56. The Balaban J connectivity index is 4.93. The molecule has 0 aliphatic rings. The smallest absolute Gasteiger partial charge is 0.333 e. The third-order valence-electron chi connectivity index (χ3n) is 4.91. The topological polar surface area (TPSA) is 74.2 Å². The summed E-state index contributed by atoms with van der Waals surface area (Å²) in [5.74, 6) is -0.328. The van der Waals surface area contributed by atoms with E-state index >= 15 is 0 Å². The maximum Gasteiger partial charge on any atom is 0.333 e. The number of aliphatic hydroxyl groups excluding tert-OH is 1. The summed E-state index contributed by atoms with van der Waals surface area (Å²) < 4.78 is 24.1. The monoisotopic (exact) mass is 478 g/mol. The van der Waals surface area contributed by atoms with Crippen LogP contribution in [0.4, 0.5) is 0 Å². The van der Waals surface area contributed by atoms with Crippen LogP contribution in [0.5, 0.6) is 0 Å². The van der Waals surface area contributed by atoms with Crippen molar-refractivity contribution in [2.75, 3.05) is 26.9 Å². The quantitative estimate of drug-likeness (QED) is 0.126. The Morgan fingerprint density at radius 3 is 1.83 bits per heavy atom. The standard InChI is InChI=1S/C21H46O6Si3/c1-20(2)21(23)25-16-13-18-29(6,7)27-30(8,19-11-9-10-14-22)26-28(4,5)17-12-15-24-3/h22H,1,9-19H2,2-8H3. The number of rotatable bonds is 18. The lowest BCUT2D eigenvalue weighted by Crippen LogP contribution is -2.54. The normalized spacial score (nSPS) is 14.4. The Labute approximate surface area is 187 Å². The molecule has 0 aromatic heterocycles. The molecule has 0 saturated carbocycles. The van der Waals surface area contributed by atoms with Crippen molar-refractivity contribution in [3.05, 3.63) is 12.2 Å². The molecule has 1 unspecified atom stereocenters. The van der Waals surface area contributed by atoms with E-state index < -0.39 is 25.2 Å². The highest BCUT2D eigenvalue weighted by Gasteiger charge is 2.42. The molecule has 0 heterocycles.